The Morgan fingerprint density at radius 1 is 1.10 bits per heavy atom. The number of hydrogen-bond acceptors (Lipinski definition) is 3. The Morgan fingerprint density at radius 2 is 1.90 bits per heavy atom. The minimum atomic E-state index is -0.356. The summed E-state index contributed by atoms with van der Waals surface area (Å²) in [6.45, 7) is 2.54. The number of likely N-dealkylation sites (tertiary alicyclic amines) is 2. The molecule has 6 heteroatoms. The lowest BCUT2D eigenvalue weighted by molar-refractivity contribution is -0.152. The van der Waals surface area contributed by atoms with Gasteiger partial charge in [0.1, 0.15) is 6.04 Å². The van der Waals surface area contributed by atoms with E-state index in [1.165, 1.54) is 0 Å². The number of nitrogens with one attached hydrogen (secondary N) is 1. The third kappa shape index (κ3) is 3.26. The van der Waals surface area contributed by atoms with Gasteiger partial charge in [-0.25, -0.2) is 0 Å². The second-order valence-electron chi connectivity index (χ2n) is 8.75. The first-order valence-electron chi connectivity index (χ1n) is 10.4. The molecule has 5 rings (SSSR count). The van der Waals surface area contributed by atoms with Crippen LogP contribution in [0.4, 0.5) is 0 Å². The van der Waals surface area contributed by atoms with Gasteiger partial charge in [-0.15, -0.1) is 0 Å². The van der Waals surface area contributed by atoms with Gasteiger partial charge in [0.15, 0.2) is 0 Å². The van der Waals surface area contributed by atoms with Crippen LogP contribution in [-0.4, -0.2) is 59.7 Å². The summed E-state index contributed by atoms with van der Waals surface area (Å²) in [5.74, 6) is 0.133. The number of rotatable bonds is 3. The summed E-state index contributed by atoms with van der Waals surface area (Å²) in [4.78, 5) is 41.1. The molecule has 29 heavy (non-hydrogen) atoms. The van der Waals surface area contributed by atoms with Crippen molar-refractivity contribution in [2.24, 2.45) is 5.41 Å². The van der Waals surface area contributed by atoms with Crippen LogP contribution >= 0.6 is 0 Å². The van der Waals surface area contributed by atoms with Crippen molar-refractivity contribution in [3.8, 4) is 0 Å². The Kier molecular flexibility index (Phi) is 4.30. The average Bonchev–Trinajstić information content (AvgIpc) is 3.33. The summed E-state index contributed by atoms with van der Waals surface area (Å²) in [6, 6.07) is 13.9. The zero-order chi connectivity index (χ0) is 20.0. The SMILES string of the molecule is O=C1CC2(CN1)CN(C(=O)C1CCCN1C(=O)Cc1ccc3ccccc3c1)C2. The normalized spacial score (nSPS) is 22.8. The molecule has 1 N–H and O–H groups in total. The van der Waals surface area contributed by atoms with Crippen molar-refractivity contribution in [2.75, 3.05) is 26.2 Å². The van der Waals surface area contributed by atoms with Gasteiger partial charge in [0, 0.05) is 38.0 Å². The van der Waals surface area contributed by atoms with E-state index in [1.807, 2.05) is 35.2 Å². The average molecular weight is 391 g/mol. The summed E-state index contributed by atoms with van der Waals surface area (Å²) in [5.41, 5.74) is 0.899. The third-order valence-electron chi connectivity index (χ3n) is 6.59. The maximum Gasteiger partial charge on any atom is 0.245 e. The van der Waals surface area contributed by atoms with Crippen molar-refractivity contribution in [3.05, 3.63) is 48.0 Å². The van der Waals surface area contributed by atoms with Gasteiger partial charge in [0.2, 0.25) is 17.7 Å². The molecular weight excluding hydrogens is 366 g/mol. The van der Waals surface area contributed by atoms with E-state index >= 15 is 0 Å². The Hall–Kier alpha value is -2.89. The fraction of sp³-hybridized carbons (Fsp3) is 0.435. The van der Waals surface area contributed by atoms with E-state index in [4.69, 9.17) is 0 Å². The predicted octanol–water partition coefficient (Wildman–Crippen LogP) is 1.72. The smallest absolute Gasteiger partial charge is 0.245 e. The van der Waals surface area contributed by atoms with Crippen LogP contribution in [0.3, 0.4) is 0 Å². The molecule has 0 aromatic heterocycles. The first-order valence-corrected chi connectivity index (χ1v) is 10.4. The topological polar surface area (TPSA) is 69.7 Å². The second kappa shape index (κ2) is 6.87. The van der Waals surface area contributed by atoms with Gasteiger partial charge in [-0.3, -0.25) is 14.4 Å². The Bertz CT molecular complexity index is 996. The molecule has 3 aliphatic rings. The number of benzene rings is 2. The van der Waals surface area contributed by atoms with Crippen LogP contribution in [0, 0.1) is 5.41 Å². The molecule has 1 spiro atoms. The highest BCUT2D eigenvalue weighted by molar-refractivity contribution is 5.91. The number of amides is 3. The largest absolute Gasteiger partial charge is 0.355 e. The molecule has 0 saturated carbocycles. The van der Waals surface area contributed by atoms with Gasteiger partial charge >= 0.3 is 0 Å². The summed E-state index contributed by atoms with van der Waals surface area (Å²) < 4.78 is 0. The van der Waals surface area contributed by atoms with Crippen molar-refractivity contribution in [1.29, 1.82) is 0 Å². The van der Waals surface area contributed by atoms with E-state index in [0.717, 1.165) is 29.2 Å². The van der Waals surface area contributed by atoms with E-state index in [0.29, 0.717) is 39.0 Å². The number of nitrogens with zero attached hydrogens (tertiary/aromatic N) is 2. The standard InChI is InChI=1S/C23H25N3O3/c27-20-12-23(13-24-20)14-25(15-23)22(29)19-6-3-9-26(19)21(28)11-16-7-8-17-4-1-2-5-18(17)10-16/h1-2,4-5,7-8,10,19H,3,6,9,11-15H2,(H,24,27). The van der Waals surface area contributed by atoms with Crippen LogP contribution in [0.15, 0.2) is 42.5 Å². The molecule has 3 saturated heterocycles. The van der Waals surface area contributed by atoms with E-state index in [-0.39, 0.29) is 29.2 Å². The van der Waals surface area contributed by atoms with Gasteiger partial charge in [-0.2, -0.15) is 0 Å². The lowest BCUT2D eigenvalue weighted by Crippen LogP contribution is -2.62. The highest BCUT2D eigenvalue weighted by Gasteiger charge is 2.51. The molecule has 3 amide bonds. The molecule has 0 radical (unpaired) electrons. The monoisotopic (exact) mass is 391 g/mol. The maximum absolute atomic E-state index is 13.0. The zero-order valence-corrected chi connectivity index (χ0v) is 16.4. The van der Waals surface area contributed by atoms with Crippen LogP contribution in [-0.2, 0) is 20.8 Å². The van der Waals surface area contributed by atoms with Crippen LogP contribution in [0.2, 0.25) is 0 Å². The lowest BCUT2D eigenvalue weighted by Gasteiger charge is -2.48. The first-order chi connectivity index (χ1) is 14.0. The van der Waals surface area contributed by atoms with Crippen LogP contribution in [0.1, 0.15) is 24.8 Å². The van der Waals surface area contributed by atoms with E-state index < -0.39 is 0 Å². The van der Waals surface area contributed by atoms with Gasteiger partial charge in [-0.05, 0) is 29.2 Å². The fourth-order valence-electron chi connectivity index (χ4n) is 5.05. The van der Waals surface area contributed by atoms with E-state index in [2.05, 4.69) is 17.4 Å². The summed E-state index contributed by atoms with van der Waals surface area (Å²) in [5, 5.41) is 5.15. The molecule has 1 atom stereocenters. The molecule has 3 aliphatic heterocycles. The summed E-state index contributed by atoms with van der Waals surface area (Å²) >= 11 is 0. The molecule has 3 heterocycles. The van der Waals surface area contributed by atoms with E-state index in [9.17, 15) is 14.4 Å². The maximum atomic E-state index is 13.0. The van der Waals surface area contributed by atoms with Gasteiger partial charge < -0.3 is 15.1 Å². The Labute approximate surface area is 169 Å². The zero-order valence-electron chi connectivity index (χ0n) is 16.4. The molecule has 2 aromatic carbocycles. The number of fused-ring (bicyclic) bond motifs is 1. The molecule has 6 nitrogen and oxygen atoms in total. The second-order valence-corrected chi connectivity index (χ2v) is 8.75. The summed E-state index contributed by atoms with van der Waals surface area (Å²) in [6.07, 6.45) is 2.41. The van der Waals surface area contributed by atoms with Gasteiger partial charge in [0.05, 0.1) is 6.42 Å². The van der Waals surface area contributed by atoms with Crippen molar-refractivity contribution in [2.45, 2.75) is 31.7 Å². The molecule has 2 aromatic rings. The minimum Gasteiger partial charge on any atom is -0.355 e. The molecule has 150 valence electrons. The van der Waals surface area contributed by atoms with Crippen LogP contribution in [0.25, 0.3) is 10.8 Å². The molecular formula is C23H25N3O3. The van der Waals surface area contributed by atoms with Crippen molar-refractivity contribution >= 4 is 28.5 Å². The lowest BCUT2D eigenvalue weighted by atomic mass is 9.78. The summed E-state index contributed by atoms with van der Waals surface area (Å²) in [7, 11) is 0. The van der Waals surface area contributed by atoms with E-state index in [1.54, 1.807) is 4.90 Å². The molecule has 3 fully saturated rings. The highest BCUT2D eigenvalue weighted by Crippen LogP contribution is 2.38. The number of carbonyl (C=O) groups excluding carboxylic acids is 3. The molecule has 1 unspecified atom stereocenters. The predicted molar refractivity (Wildman–Crippen MR) is 109 cm³/mol. The van der Waals surface area contributed by atoms with Crippen molar-refractivity contribution < 1.29 is 14.4 Å². The number of carbonyl (C=O) groups is 3. The van der Waals surface area contributed by atoms with Crippen molar-refractivity contribution in [1.82, 2.24) is 15.1 Å². The highest BCUT2D eigenvalue weighted by atomic mass is 16.2. The Balaban J connectivity index is 1.24. The fourth-order valence-corrected chi connectivity index (χ4v) is 5.05. The van der Waals surface area contributed by atoms with Crippen LogP contribution in [0.5, 0.6) is 0 Å². The van der Waals surface area contributed by atoms with Crippen LogP contribution < -0.4 is 5.32 Å². The third-order valence-corrected chi connectivity index (χ3v) is 6.59. The van der Waals surface area contributed by atoms with Crippen molar-refractivity contribution in [3.63, 3.8) is 0 Å². The van der Waals surface area contributed by atoms with Gasteiger partial charge in [0.25, 0.3) is 0 Å². The molecule has 0 bridgehead atoms. The van der Waals surface area contributed by atoms with Gasteiger partial charge in [-0.1, -0.05) is 42.5 Å². The quantitative estimate of drug-likeness (QED) is 0.866. The molecule has 0 aliphatic carbocycles. The number of hydrogen-bond donors (Lipinski definition) is 1. The Morgan fingerprint density at radius 3 is 2.66 bits per heavy atom. The first kappa shape index (κ1) is 18.2. The minimum absolute atomic E-state index is 0.0177.